The molecule has 4 heteroatoms. The van der Waals surface area contributed by atoms with Crippen LogP contribution in [0.4, 0.5) is 0 Å². The van der Waals surface area contributed by atoms with Crippen LogP contribution in [0.1, 0.15) is 25.0 Å². The molecular weight excluding hydrogens is 753 g/mol. The molecule has 0 amide bonds. The number of nitrogens with zero attached hydrogens (tertiary/aromatic N) is 4. The van der Waals surface area contributed by atoms with Gasteiger partial charge in [-0.3, -0.25) is 4.57 Å². The van der Waals surface area contributed by atoms with E-state index in [-0.39, 0.29) is 5.41 Å². The van der Waals surface area contributed by atoms with Crippen molar-refractivity contribution >= 4 is 32.6 Å². The second-order valence-corrected chi connectivity index (χ2v) is 16.8. The zero-order valence-electron chi connectivity index (χ0n) is 34.4. The fourth-order valence-corrected chi connectivity index (χ4v) is 9.75. The van der Waals surface area contributed by atoms with Crippen molar-refractivity contribution in [3.63, 3.8) is 0 Å². The summed E-state index contributed by atoms with van der Waals surface area (Å²) in [5.41, 5.74) is 16.0. The summed E-state index contributed by atoms with van der Waals surface area (Å²) in [4.78, 5) is 15.8. The van der Waals surface area contributed by atoms with Gasteiger partial charge >= 0.3 is 0 Å². The van der Waals surface area contributed by atoms with Crippen molar-refractivity contribution in [1.82, 2.24) is 19.5 Å². The summed E-state index contributed by atoms with van der Waals surface area (Å²) in [5.74, 6) is 1.81. The van der Waals surface area contributed by atoms with E-state index in [9.17, 15) is 0 Å². The molecule has 0 unspecified atom stereocenters. The van der Waals surface area contributed by atoms with Crippen LogP contribution in [0.2, 0.25) is 0 Å². The van der Waals surface area contributed by atoms with E-state index in [1.807, 2.05) is 24.3 Å². The molecule has 1 aliphatic carbocycles. The van der Waals surface area contributed by atoms with Crippen LogP contribution in [0.25, 0.3) is 106 Å². The normalized spacial score (nSPS) is 12.8. The SMILES string of the molecule is CC1(C)c2cc(-c3cccc4c5cc(-c6ccccc6)ccc5n(-c5nc(-c6ccccc6)nc(-c6ccc(-c7ccccc7)cc6)n5)c34)ccc2-c2c1ccc1ccccc21. The quantitative estimate of drug-likeness (QED) is 0.168. The predicted octanol–water partition coefficient (Wildman–Crippen LogP) is 14.8. The maximum Gasteiger partial charge on any atom is 0.238 e. The Morgan fingerprint density at radius 1 is 0.371 bits per heavy atom. The lowest BCUT2D eigenvalue weighted by molar-refractivity contribution is 0.661. The average molecular weight is 793 g/mol. The smallest absolute Gasteiger partial charge is 0.238 e. The lowest BCUT2D eigenvalue weighted by atomic mass is 9.81. The molecule has 2 heterocycles. The average Bonchev–Trinajstić information content (AvgIpc) is 3.80. The molecular formula is C58H40N4. The van der Waals surface area contributed by atoms with Gasteiger partial charge in [-0.15, -0.1) is 0 Å². The topological polar surface area (TPSA) is 43.6 Å². The zero-order valence-corrected chi connectivity index (χ0v) is 34.4. The van der Waals surface area contributed by atoms with Gasteiger partial charge in [-0.25, -0.2) is 4.98 Å². The minimum Gasteiger partial charge on any atom is -0.277 e. The van der Waals surface area contributed by atoms with Crippen LogP contribution in [0.5, 0.6) is 0 Å². The Balaban J connectivity index is 1.11. The molecule has 0 bridgehead atoms. The summed E-state index contributed by atoms with van der Waals surface area (Å²) in [5, 5.41) is 4.84. The standard InChI is InChI=1S/C58H40N4/c1-58(2)50-33-30-40-19-12-13-22-45(40)53(50)48-32-29-44(36-51(48)58)46-23-14-24-47-49-35-43(38-17-8-4-9-18-38)31-34-52(49)62(54(46)47)57-60-55(41-20-10-5-11-21-41)59-56(61-57)42-27-25-39(26-28-42)37-15-6-3-7-16-37/h3-36H,1-2H3. The highest BCUT2D eigenvalue weighted by atomic mass is 15.2. The van der Waals surface area contributed by atoms with Crippen molar-refractivity contribution in [1.29, 1.82) is 0 Å². The molecule has 1 aliphatic rings. The summed E-state index contributed by atoms with van der Waals surface area (Å²) in [6.07, 6.45) is 0. The van der Waals surface area contributed by atoms with Crippen molar-refractivity contribution in [2.75, 3.05) is 0 Å². The Hall–Kier alpha value is -7.95. The molecule has 11 aromatic rings. The number of para-hydroxylation sites is 1. The van der Waals surface area contributed by atoms with Gasteiger partial charge in [0.05, 0.1) is 11.0 Å². The van der Waals surface area contributed by atoms with Crippen LogP contribution in [-0.4, -0.2) is 19.5 Å². The minimum atomic E-state index is -0.181. The van der Waals surface area contributed by atoms with Gasteiger partial charge in [-0.2, -0.15) is 9.97 Å². The Morgan fingerprint density at radius 2 is 0.935 bits per heavy atom. The van der Waals surface area contributed by atoms with Crippen LogP contribution < -0.4 is 0 Å². The molecule has 0 saturated carbocycles. The second-order valence-electron chi connectivity index (χ2n) is 16.8. The van der Waals surface area contributed by atoms with E-state index in [0.717, 1.165) is 55.2 Å². The van der Waals surface area contributed by atoms with Crippen molar-refractivity contribution in [3.05, 3.63) is 217 Å². The molecule has 0 radical (unpaired) electrons. The molecule has 0 aliphatic heterocycles. The van der Waals surface area contributed by atoms with E-state index in [0.29, 0.717) is 17.6 Å². The van der Waals surface area contributed by atoms with Gasteiger partial charge in [0, 0.05) is 32.9 Å². The first-order chi connectivity index (χ1) is 30.5. The van der Waals surface area contributed by atoms with Crippen molar-refractivity contribution in [2.45, 2.75) is 19.3 Å². The summed E-state index contributed by atoms with van der Waals surface area (Å²) in [6.45, 7) is 4.73. The number of hydrogen-bond donors (Lipinski definition) is 0. The minimum absolute atomic E-state index is 0.181. The first-order valence-electron chi connectivity index (χ1n) is 21.3. The highest BCUT2D eigenvalue weighted by molar-refractivity contribution is 6.15. The Labute approximate surface area is 360 Å². The van der Waals surface area contributed by atoms with Gasteiger partial charge in [0.25, 0.3) is 0 Å². The molecule has 0 spiro atoms. The third-order valence-electron chi connectivity index (χ3n) is 12.9. The summed E-state index contributed by atoms with van der Waals surface area (Å²) in [7, 11) is 0. The van der Waals surface area contributed by atoms with Gasteiger partial charge in [-0.05, 0) is 79.0 Å². The Bertz CT molecular complexity index is 3510. The molecule has 12 rings (SSSR count). The maximum absolute atomic E-state index is 5.37. The van der Waals surface area contributed by atoms with E-state index < -0.39 is 0 Å². The number of fused-ring (bicyclic) bond motifs is 8. The first-order valence-corrected chi connectivity index (χ1v) is 21.3. The largest absolute Gasteiger partial charge is 0.277 e. The van der Waals surface area contributed by atoms with Gasteiger partial charge in [0.15, 0.2) is 11.6 Å². The molecule has 62 heavy (non-hydrogen) atoms. The lowest BCUT2D eigenvalue weighted by Gasteiger charge is -2.22. The van der Waals surface area contributed by atoms with Crippen molar-refractivity contribution < 1.29 is 0 Å². The van der Waals surface area contributed by atoms with E-state index >= 15 is 0 Å². The first kappa shape index (κ1) is 35.9. The number of aromatic nitrogens is 4. The highest BCUT2D eigenvalue weighted by Gasteiger charge is 2.37. The molecule has 292 valence electrons. The molecule has 0 N–H and O–H groups in total. The fraction of sp³-hybridized carbons (Fsp3) is 0.0517. The maximum atomic E-state index is 5.37. The van der Waals surface area contributed by atoms with Crippen molar-refractivity contribution in [3.8, 4) is 73.2 Å². The van der Waals surface area contributed by atoms with Crippen LogP contribution in [0.3, 0.4) is 0 Å². The van der Waals surface area contributed by atoms with E-state index in [1.54, 1.807) is 0 Å². The predicted molar refractivity (Wildman–Crippen MR) is 256 cm³/mol. The second kappa shape index (κ2) is 14.1. The van der Waals surface area contributed by atoms with Crippen LogP contribution in [-0.2, 0) is 5.41 Å². The molecule has 0 saturated heterocycles. The molecule has 0 fully saturated rings. The van der Waals surface area contributed by atoms with Gasteiger partial charge in [-0.1, -0.05) is 202 Å². The Morgan fingerprint density at radius 3 is 1.66 bits per heavy atom. The molecule has 9 aromatic carbocycles. The summed E-state index contributed by atoms with van der Waals surface area (Å²) in [6, 6.07) is 73.7. The van der Waals surface area contributed by atoms with Crippen molar-refractivity contribution in [2.24, 2.45) is 0 Å². The summed E-state index contributed by atoms with van der Waals surface area (Å²) < 4.78 is 2.27. The molecule has 4 nitrogen and oxygen atoms in total. The van der Waals surface area contributed by atoms with Crippen LogP contribution in [0.15, 0.2) is 206 Å². The van der Waals surface area contributed by atoms with Crippen LogP contribution >= 0.6 is 0 Å². The third-order valence-corrected chi connectivity index (χ3v) is 12.9. The third kappa shape index (κ3) is 5.72. The van der Waals surface area contributed by atoms with Crippen LogP contribution in [0, 0.1) is 0 Å². The van der Waals surface area contributed by atoms with E-state index in [4.69, 9.17) is 15.0 Å². The summed E-state index contributed by atoms with van der Waals surface area (Å²) >= 11 is 0. The monoisotopic (exact) mass is 792 g/mol. The van der Waals surface area contributed by atoms with Gasteiger partial charge in [0.2, 0.25) is 5.95 Å². The lowest BCUT2D eigenvalue weighted by Crippen LogP contribution is -2.15. The zero-order chi connectivity index (χ0) is 41.4. The van der Waals surface area contributed by atoms with Gasteiger partial charge in [0.1, 0.15) is 0 Å². The number of rotatable bonds is 6. The molecule has 2 aromatic heterocycles. The highest BCUT2D eigenvalue weighted by Crippen LogP contribution is 2.52. The fourth-order valence-electron chi connectivity index (χ4n) is 9.75. The molecule has 0 atom stereocenters. The Kier molecular flexibility index (Phi) is 8.16. The van der Waals surface area contributed by atoms with E-state index in [1.165, 1.54) is 44.2 Å². The number of benzene rings is 9. The van der Waals surface area contributed by atoms with E-state index in [2.05, 4.69) is 200 Å². The van der Waals surface area contributed by atoms with Gasteiger partial charge < -0.3 is 0 Å². The number of hydrogen-bond acceptors (Lipinski definition) is 3.